The standard InChI is InChI=1S/C24H28N2O2/c1-18-6-4-7-19(16-18)17-23(27)25-14-11-21(12-15-25)24(28)26-13-5-9-20-8-2-3-10-22(20)26/h2-4,6-8,10,16,21H,5,9,11-15,17H2,1H3. The quantitative estimate of drug-likeness (QED) is 0.818. The Hall–Kier alpha value is -2.62. The average Bonchev–Trinajstić information content (AvgIpc) is 2.73. The molecule has 2 amide bonds. The highest BCUT2D eigenvalue weighted by atomic mass is 16.2. The maximum absolute atomic E-state index is 13.1. The van der Waals surface area contributed by atoms with Crippen LogP contribution in [0.2, 0.25) is 0 Å². The van der Waals surface area contributed by atoms with E-state index in [1.54, 1.807) is 0 Å². The predicted molar refractivity (Wildman–Crippen MR) is 111 cm³/mol. The van der Waals surface area contributed by atoms with Gasteiger partial charge in [0.2, 0.25) is 11.8 Å². The molecule has 1 fully saturated rings. The van der Waals surface area contributed by atoms with Crippen LogP contribution in [-0.2, 0) is 22.4 Å². The Morgan fingerprint density at radius 1 is 1.00 bits per heavy atom. The summed E-state index contributed by atoms with van der Waals surface area (Å²) < 4.78 is 0. The minimum Gasteiger partial charge on any atom is -0.342 e. The first-order chi connectivity index (χ1) is 13.6. The monoisotopic (exact) mass is 376 g/mol. The van der Waals surface area contributed by atoms with E-state index in [2.05, 4.69) is 18.2 Å². The lowest BCUT2D eigenvalue weighted by molar-refractivity contribution is -0.134. The molecule has 0 aliphatic carbocycles. The van der Waals surface area contributed by atoms with E-state index in [4.69, 9.17) is 0 Å². The second-order valence-corrected chi connectivity index (χ2v) is 8.04. The lowest BCUT2D eigenvalue weighted by atomic mass is 9.92. The fourth-order valence-corrected chi connectivity index (χ4v) is 4.47. The number of fused-ring (bicyclic) bond motifs is 1. The van der Waals surface area contributed by atoms with Crippen LogP contribution in [0.5, 0.6) is 0 Å². The van der Waals surface area contributed by atoms with Crippen LogP contribution in [0.4, 0.5) is 5.69 Å². The molecule has 0 saturated carbocycles. The molecule has 0 radical (unpaired) electrons. The van der Waals surface area contributed by atoms with Crippen molar-refractivity contribution in [2.75, 3.05) is 24.5 Å². The average molecular weight is 377 g/mol. The summed E-state index contributed by atoms with van der Waals surface area (Å²) >= 11 is 0. The van der Waals surface area contributed by atoms with Gasteiger partial charge in [0.25, 0.3) is 0 Å². The van der Waals surface area contributed by atoms with Crippen molar-refractivity contribution < 1.29 is 9.59 Å². The maximum Gasteiger partial charge on any atom is 0.230 e. The molecule has 0 atom stereocenters. The van der Waals surface area contributed by atoms with E-state index < -0.39 is 0 Å². The summed E-state index contributed by atoms with van der Waals surface area (Å²) in [6.07, 6.45) is 4.04. The largest absolute Gasteiger partial charge is 0.342 e. The van der Waals surface area contributed by atoms with E-state index in [-0.39, 0.29) is 17.7 Å². The summed E-state index contributed by atoms with van der Waals surface area (Å²) in [6.45, 7) is 4.21. The van der Waals surface area contributed by atoms with Crippen molar-refractivity contribution in [3.8, 4) is 0 Å². The third kappa shape index (κ3) is 3.96. The van der Waals surface area contributed by atoms with Gasteiger partial charge in [0.05, 0.1) is 6.42 Å². The lowest BCUT2D eigenvalue weighted by Gasteiger charge is -2.36. The van der Waals surface area contributed by atoms with Crippen LogP contribution in [0, 0.1) is 12.8 Å². The number of carbonyl (C=O) groups is 2. The molecule has 2 aliphatic heterocycles. The number of benzene rings is 2. The summed E-state index contributed by atoms with van der Waals surface area (Å²) in [4.78, 5) is 29.7. The zero-order valence-corrected chi connectivity index (χ0v) is 16.6. The number of rotatable bonds is 3. The Balaban J connectivity index is 1.35. The Labute approximate surface area is 167 Å². The fraction of sp³-hybridized carbons (Fsp3) is 0.417. The molecule has 2 aromatic rings. The molecular formula is C24H28N2O2. The molecule has 1 saturated heterocycles. The molecule has 0 spiro atoms. The highest BCUT2D eigenvalue weighted by Crippen LogP contribution is 2.30. The van der Waals surface area contributed by atoms with Crippen molar-refractivity contribution in [3.05, 3.63) is 65.2 Å². The van der Waals surface area contributed by atoms with E-state index in [0.29, 0.717) is 19.5 Å². The zero-order valence-electron chi connectivity index (χ0n) is 16.6. The number of amides is 2. The van der Waals surface area contributed by atoms with E-state index in [1.807, 2.05) is 47.1 Å². The molecule has 0 unspecified atom stereocenters. The number of anilines is 1. The summed E-state index contributed by atoms with van der Waals surface area (Å²) in [5.41, 5.74) is 4.59. The smallest absolute Gasteiger partial charge is 0.230 e. The molecule has 0 bridgehead atoms. The van der Waals surface area contributed by atoms with Crippen LogP contribution >= 0.6 is 0 Å². The number of carbonyl (C=O) groups excluding carboxylic acids is 2. The first-order valence-electron chi connectivity index (χ1n) is 10.3. The SMILES string of the molecule is Cc1cccc(CC(=O)N2CCC(C(=O)N3CCCc4ccccc43)CC2)c1. The first kappa shape index (κ1) is 18.7. The lowest BCUT2D eigenvalue weighted by Crippen LogP contribution is -2.46. The second-order valence-electron chi connectivity index (χ2n) is 8.04. The zero-order chi connectivity index (χ0) is 19.5. The summed E-state index contributed by atoms with van der Waals surface area (Å²) in [5.74, 6) is 0.423. The van der Waals surface area contributed by atoms with Gasteiger partial charge in [-0.2, -0.15) is 0 Å². The Bertz CT molecular complexity index is 868. The van der Waals surface area contributed by atoms with Crippen LogP contribution in [0.3, 0.4) is 0 Å². The second kappa shape index (κ2) is 8.17. The normalized spacial score (nSPS) is 17.3. The molecule has 2 aromatic carbocycles. The van der Waals surface area contributed by atoms with Gasteiger partial charge in [0.1, 0.15) is 0 Å². The molecule has 28 heavy (non-hydrogen) atoms. The van der Waals surface area contributed by atoms with Crippen molar-refractivity contribution in [1.82, 2.24) is 4.90 Å². The number of para-hydroxylation sites is 1. The summed E-state index contributed by atoms with van der Waals surface area (Å²) in [6, 6.07) is 16.4. The Kier molecular flexibility index (Phi) is 5.47. The molecule has 4 nitrogen and oxygen atoms in total. The Morgan fingerprint density at radius 2 is 1.79 bits per heavy atom. The van der Waals surface area contributed by atoms with Crippen LogP contribution < -0.4 is 4.90 Å². The van der Waals surface area contributed by atoms with Gasteiger partial charge in [-0.3, -0.25) is 9.59 Å². The van der Waals surface area contributed by atoms with Gasteiger partial charge in [0.15, 0.2) is 0 Å². The van der Waals surface area contributed by atoms with E-state index in [0.717, 1.165) is 43.5 Å². The molecule has 4 heteroatoms. The Morgan fingerprint density at radius 3 is 2.57 bits per heavy atom. The fourth-order valence-electron chi connectivity index (χ4n) is 4.47. The van der Waals surface area contributed by atoms with Gasteiger partial charge in [-0.15, -0.1) is 0 Å². The molecular weight excluding hydrogens is 348 g/mol. The molecule has 2 heterocycles. The van der Waals surface area contributed by atoms with Crippen molar-refractivity contribution >= 4 is 17.5 Å². The number of likely N-dealkylation sites (tertiary alicyclic amines) is 1. The van der Waals surface area contributed by atoms with E-state index >= 15 is 0 Å². The third-order valence-corrected chi connectivity index (χ3v) is 6.01. The number of aryl methyl sites for hydroxylation is 2. The van der Waals surface area contributed by atoms with Crippen LogP contribution in [0.1, 0.15) is 36.0 Å². The highest BCUT2D eigenvalue weighted by molar-refractivity contribution is 5.96. The van der Waals surface area contributed by atoms with Gasteiger partial charge in [-0.25, -0.2) is 0 Å². The van der Waals surface area contributed by atoms with Gasteiger partial charge in [-0.05, 0) is 49.8 Å². The van der Waals surface area contributed by atoms with E-state index in [1.165, 1.54) is 11.1 Å². The predicted octanol–water partition coefficient (Wildman–Crippen LogP) is 3.76. The number of nitrogens with zero attached hydrogens (tertiary/aromatic N) is 2. The van der Waals surface area contributed by atoms with Crippen molar-refractivity contribution in [2.45, 2.75) is 39.0 Å². The first-order valence-corrected chi connectivity index (χ1v) is 10.3. The third-order valence-electron chi connectivity index (χ3n) is 6.01. The molecule has 0 aromatic heterocycles. The number of hydrogen-bond acceptors (Lipinski definition) is 2. The van der Waals surface area contributed by atoms with Crippen LogP contribution in [0.25, 0.3) is 0 Å². The summed E-state index contributed by atoms with van der Waals surface area (Å²) in [5, 5.41) is 0. The van der Waals surface area contributed by atoms with Crippen molar-refractivity contribution in [2.24, 2.45) is 5.92 Å². The molecule has 2 aliphatic rings. The van der Waals surface area contributed by atoms with Crippen LogP contribution in [0.15, 0.2) is 48.5 Å². The van der Waals surface area contributed by atoms with Crippen LogP contribution in [-0.4, -0.2) is 36.3 Å². The van der Waals surface area contributed by atoms with E-state index in [9.17, 15) is 9.59 Å². The van der Waals surface area contributed by atoms with Crippen molar-refractivity contribution in [3.63, 3.8) is 0 Å². The minimum absolute atomic E-state index is 0.0224. The maximum atomic E-state index is 13.1. The number of hydrogen-bond donors (Lipinski definition) is 0. The minimum atomic E-state index is 0.0224. The van der Waals surface area contributed by atoms with Crippen molar-refractivity contribution in [1.29, 1.82) is 0 Å². The molecule has 4 rings (SSSR count). The number of piperidine rings is 1. The summed E-state index contributed by atoms with van der Waals surface area (Å²) in [7, 11) is 0. The topological polar surface area (TPSA) is 40.6 Å². The van der Waals surface area contributed by atoms with Gasteiger partial charge in [-0.1, -0.05) is 48.0 Å². The van der Waals surface area contributed by atoms with Gasteiger partial charge < -0.3 is 9.80 Å². The molecule has 0 N–H and O–H groups in total. The van der Waals surface area contributed by atoms with Gasteiger partial charge in [0, 0.05) is 31.2 Å². The van der Waals surface area contributed by atoms with Gasteiger partial charge >= 0.3 is 0 Å². The highest BCUT2D eigenvalue weighted by Gasteiger charge is 2.32. The molecule has 146 valence electrons.